The molecule has 0 bridgehead atoms. The molecule has 0 amide bonds. The second-order valence-corrected chi connectivity index (χ2v) is 6.56. The Morgan fingerprint density at radius 2 is 2.22 bits per heavy atom. The van der Waals surface area contributed by atoms with Gasteiger partial charge in [-0.2, -0.15) is 0 Å². The van der Waals surface area contributed by atoms with Crippen LogP contribution in [0.3, 0.4) is 0 Å². The Kier molecular flexibility index (Phi) is 4.09. The highest BCUT2D eigenvalue weighted by Gasteiger charge is 2.22. The Morgan fingerprint density at radius 1 is 1.50 bits per heavy atom. The average molecular weight is 290 g/mol. The fourth-order valence-corrected chi connectivity index (χ4v) is 2.98. The summed E-state index contributed by atoms with van der Waals surface area (Å²) < 4.78 is 26.5. The largest absolute Gasteiger partial charge is 0.372 e. The normalized spacial score (nSPS) is 15.7. The third-order valence-corrected chi connectivity index (χ3v) is 4.62. The summed E-state index contributed by atoms with van der Waals surface area (Å²) in [4.78, 5) is 4.06. The monoisotopic (exact) mass is 289 g/mol. The Balaban J connectivity index is 2.05. The van der Waals surface area contributed by atoms with Gasteiger partial charge in [-0.1, -0.05) is 24.4 Å². The molecule has 2 rings (SSSR count). The molecule has 0 unspecified atom stereocenters. The zero-order chi connectivity index (χ0) is 13.2. The van der Waals surface area contributed by atoms with E-state index in [4.69, 9.17) is 11.6 Å². The van der Waals surface area contributed by atoms with Gasteiger partial charge in [0, 0.05) is 19.8 Å². The van der Waals surface area contributed by atoms with Crippen LogP contribution in [0, 0.1) is 5.92 Å². The maximum absolute atomic E-state index is 12.0. The van der Waals surface area contributed by atoms with Crippen LogP contribution in [-0.4, -0.2) is 27.0 Å². The van der Waals surface area contributed by atoms with E-state index in [0.29, 0.717) is 23.3 Å². The Hall–Kier alpha value is -0.850. The summed E-state index contributed by atoms with van der Waals surface area (Å²) in [5.41, 5.74) is 0. The predicted octanol–water partition coefficient (Wildman–Crippen LogP) is 1.86. The lowest BCUT2D eigenvalue weighted by molar-refractivity contribution is 0.575. The molecule has 1 aliphatic carbocycles. The molecule has 7 heteroatoms. The summed E-state index contributed by atoms with van der Waals surface area (Å²) in [6.07, 6.45) is 4.63. The zero-order valence-corrected chi connectivity index (χ0v) is 11.7. The minimum absolute atomic E-state index is 0.0993. The number of hydrogen-bond acceptors (Lipinski definition) is 4. The SMILES string of the molecule is CNc1ncc(S(=O)(=O)NCCC2CC2)cc1Cl. The van der Waals surface area contributed by atoms with Gasteiger partial charge in [0.1, 0.15) is 10.7 Å². The molecule has 0 aromatic carbocycles. The maximum Gasteiger partial charge on any atom is 0.242 e. The van der Waals surface area contributed by atoms with Gasteiger partial charge >= 0.3 is 0 Å². The highest BCUT2D eigenvalue weighted by Crippen LogP contribution is 2.31. The van der Waals surface area contributed by atoms with Crippen molar-refractivity contribution in [3.8, 4) is 0 Å². The molecule has 1 aliphatic rings. The Labute approximate surface area is 112 Å². The van der Waals surface area contributed by atoms with Crippen LogP contribution in [0.15, 0.2) is 17.2 Å². The van der Waals surface area contributed by atoms with Gasteiger partial charge in [0.2, 0.25) is 10.0 Å². The predicted molar refractivity (Wildman–Crippen MR) is 71.3 cm³/mol. The van der Waals surface area contributed by atoms with Crippen LogP contribution in [-0.2, 0) is 10.0 Å². The molecule has 0 atom stereocenters. The van der Waals surface area contributed by atoms with Crippen molar-refractivity contribution in [1.82, 2.24) is 9.71 Å². The van der Waals surface area contributed by atoms with E-state index in [9.17, 15) is 8.42 Å². The fraction of sp³-hybridized carbons (Fsp3) is 0.545. The third kappa shape index (κ3) is 3.34. The van der Waals surface area contributed by atoms with E-state index >= 15 is 0 Å². The number of halogens is 1. The standard InChI is InChI=1S/C11H16ClN3O2S/c1-13-11-10(12)6-9(7-14-11)18(16,17)15-5-4-8-2-3-8/h6-8,15H,2-5H2,1H3,(H,13,14). The number of rotatable bonds is 6. The van der Waals surface area contributed by atoms with Crippen LogP contribution in [0.25, 0.3) is 0 Å². The van der Waals surface area contributed by atoms with Crippen molar-refractivity contribution in [2.75, 3.05) is 18.9 Å². The number of nitrogens with one attached hydrogen (secondary N) is 2. The van der Waals surface area contributed by atoms with Gasteiger partial charge in [-0.05, 0) is 18.4 Å². The van der Waals surface area contributed by atoms with Gasteiger partial charge in [-0.25, -0.2) is 18.1 Å². The van der Waals surface area contributed by atoms with Crippen molar-refractivity contribution in [1.29, 1.82) is 0 Å². The first-order chi connectivity index (χ1) is 8.53. The quantitative estimate of drug-likeness (QED) is 0.838. The fourth-order valence-electron chi connectivity index (χ4n) is 1.64. The number of sulfonamides is 1. The van der Waals surface area contributed by atoms with Crippen molar-refractivity contribution in [3.05, 3.63) is 17.3 Å². The molecule has 0 saturated heterocycles. The van der Waals surface area contributed by atoms with Crippen LogP contribution in [0.1, 0.15) is 19.3 Å². The Bertz CT molecular complexity index is 529. The van der Waals surface area contributed by atoms with Gasteiger partial charge in [-0.15, -0.1) is 0 Å². The maximum atomic E-state index is 12.0. The molecule has 0 aliphatic heterocycles. The van der Waals surface area contributed by atoms with Crippen molar-refractivity contribution in [2.45, 2.75) is 24.2 Å². The molecular formula is C11H16ClN3O2S. The minimum atomic E-state index is -3.50. The second kappa shape index (κ2) is 5.42. The van der Waals surface area contributed by atoms with E-state index in [1.165, 1.54) is 25.1 Å². The van der Waals surface area contributed by atoms with Crippen molar-refractivity contribution >= 4 is 27.4 Å². The van der Waals surface area contributed by atoms with E-state index in [1.807, 2.05) is 0 Å². The highest BCUT2D eigenvalue weighted by molar-refractivity contribution is 7.89. The summed E-state index contributed by atoms with van der Waals surface area (Å²) in [5.74, 6) is 1.16. The van der Waals surface area contributed by atoms with Gasteiger partial charge in [-0.3, -0.25) is 0 Å². The molecule has 0 spiro atoms. The highest BCUT2D eigenvalue weighted by atomic mass is 35.5. The van der Waals surface area contributed by atoms with E-state index in [0.717, 1.165) is 6.42 Å². The van der Waals surface area contributed by atoms with Crippen molar-refractivity contribution in [2.24, 2.45) is 5.92 Å². The lowest BCUT2D eigenvalue weighted by atomic mass is 10.3. The summed E-state index contributed by atoms with van der Waals surface area (Å²) >= 11 is 5.91. The molecule has 1 aromatic rings. The van der Waals surface area contributed by atoms with Gasteiger partial charge in [0.25, 0.3) is 0 Å². The molecule has 18 heavy (non-hydrogen) atoms. The molecule has 100 valence electrons. The number of anilines is 1. The Morgan fingerprint density at radius 3 is 2.78 bits per heavy atom. The number of nitrogens with zero attached hydrogens (tertiary/aromatic N) is 1. The molecule has 1 saturated carbocycles. The first kappa shape index (κ1) is 13.6. The lowest BCUT2D eigenvalue weighted by Crippen LogP contribution is -2.25. The molecule has 1 heterocycles. The summed E-state index contributed by atoms with van der Waals surface area (Å²) in [5, 5.41) is 3.08. The number of hydrogen-bond donors (Lipinski definition) is 2. The van der Waals surface area contributed by atoms with Gasteiger partial charge in [0.05, 0.1) is 5.02 Å². The average Bonchev–Trinajstić information content (AvgIpc) is 3.12. The van der Waals surface area contributed by atoms with E-state index in [1.54, 1.807) is 7.05 Å². The van der Waals surface area contributed by atoms with Crippen LogP contribution in [0.2, 0.25) is 5.02 Å². The van der Waals surface area contributed by atoms with Gasteiger partial charge in [0.15, 0.2) is 0 Å². The van der Waals surface area contributed by atoms with Gasteiger partial charge < -0.3 is 5.32 Å². The summed E-state index contributed by atoms with van der Waals surface area (Å²) in [7, 11) is -1.82. The zero-order valence-electron chi connectivity index (χ0n) is 10.1. The molecule has 2 N–H and O–H groups in total. The first-order valence-electron chi connectivity index (χ1n) is 5.86. The van der Waals surface area contributed by atoms with Crippen LogP contribution in [0.4, 0.5) is 5.82 Å². The van der Waals surface area contributed by atoms with Crippen molar-refractivity contribution in [3.63, 3.8) is 0 Å². The number of aromatic nitrogens is 1. The topological polar surface area (TPSA) is 71.1 Å². The van der Waals surface area contributed by atoms with Crippen LogP contribution >= 0.6 is 11.6 Å². The van der Waals surface area contributed by atoms with Crippen LogP contribution < -0.4 is 10.0 Å². The smallest absolute Gasteiger partial charge is 0.242 e. The minimum Gasteiger partial charge on any atom is -0.372 e. The molecular weight excluding hydrogens is 274 g/mol. The number of pyridine rings is 1. The summed E-state index contributed by atoms with van der Waals surface area (Å²) in [6.45, 7) is 0.471. The molecule has 1 fully saturated rings. The van der Waals surface area contributed by atoms with Crippen molar-refractivity contribution < 1.29 is 8.42 Å². The van der Waals surface area contributed by atoms with E-state index in [2.05, 4.69) is 15.0 Å². The first-order valence-corrected chi connectivity index (χ1v) is 7.72. The molecule has 5 nitrogen and oxygen atoms in total. The molecule has 1 aromatic heterocycles. The van der Waals surface area contributed by atoms with E-state index < -0.39 is 10.0 Å². The van der Waals surface area contributed by atoms with E-state index in [-0.39, 0.29) is 4.90 Å². The lowest BCUT2D eigenvalue weighted by Gasteiger charge is -2.08. The summed E-state index contributed by atoms with van der Waals surface area (Å²) in [6, 6.07) is 1.40. The second-order valence-electron chi connectivity index (χ2n) is 4.38. The van der Waals surface area contributed by atoms with Crippen LogP contribution in [0.5, 0.6) is 0 Å². The third-order valence-electron chi connectivity index (χ3n) is 2.90. The molecule has 0 radical (unpaired) electrons.